The Kier molecular flexibility index (Phi) is 5.30. The molecule has 0 heterocycles. The van der Waals surface area contributed by atoms with Gasteiger partial charge < -0.3 is 10.1 Å². The van der Waals surface area contributed by atoms with Crippen LogP contribution in [-0.4, -0.2) is 18.0 Å². The molecule has 0 aliphatic heterocycles. The van der Waals surface area contributed by atoms with Gasteiger partial charge in [0, 0.05) is 0 Å². The highest BCUT2D eigenvalue weighted by atomic mass is 19.1. The fraction of sp³-hybridized carbons (Fsp3) is 0.300. The molecule has 1 aliphatic carbocycles. The maximum Gasteiger partial charge on any atom is 0.311 e. The molecule has 0 fully saturated rings. The van der Waals surface area contributed by atoms with E-state index in [2.05, 4.69) is 5.32 Å². The molecule has 1 atom stereocenters. The summed E-state index contributed by atoms with van der Waals surface area (Å²) in [5.41, 5.74) is 2.82. The lowest BCUT2D eigenvalue weighted by Crippen LogP contribution is -2.31. The number of nitrogens with one attached hydrogen (secondary N) is 1. The Bertz CT molecular complexity index is 831. The summed E-state index contributed by atoms with van der Waals surface area (Å²) < 4.78 is 32.2. The minimum absolute atomic E-state index is 0.0406. The largest absolute Gasteiger partial charge is 0.452 e. The number of para-hydroxylation sites is 1. The van der Waals surface area contributed by atoms with Crippen molar-refractivity contribution in [1.82, 2.24) is 0 Å². The first-order valence-electron chi connectivity index (χ1n) is 8.49. The van der Waals surface area contributed by atoms with E-state index in [0.29, 0.717) is 0 Å². The van der Waals surface area contributed by atoms with Crippen LogP contribution in [0.15, 0.2) is 36.4 Å². The van der Waals surface area contributed by atoms with Gasteiger partial charge in [-0.2, -0.15) is 0 Å². The van der Waals surface area contributed by atoms with Crippen molar-refractivity contribution in [1.29, 1.82) is 0 Å². The summed E-state index contributed by atoms with van der Waals surface area (Å²) >= 11 is 0. The van der Waals surface area contributed by atoms with Crippen molar-refractivity contribution < 1.29 is 23.1 Å². The Morgan fingerprint density at radius 2 is 1.81 bits per heavy atom. The van der Waals surface area contributed by atoms with Crippen LogP contribution in [0.4, 0.5) is 14.5 Å². The van der Waals surface area contributed by atoms with Gasteiger partial charge in [-0.15, -0.1) is 0 Å². The van der Waals surface area contributed by atoms with Crippen molar-refractivity contribution in [3.05, 3.63) is 64.7 Å². The Labute approximate surface area is 150 Å². The second-order valence-electron chi connectivity index (χ2n) is 6.35. The first kappa shape index (κ1) is 18.0. The van der Waals surface area contributed by atoms with Crippen molar-refractivity contribution in [2.75, 3.05) is 5.32 Å². The van der Waals surface area contributed by atoms with Gasteiger partial charge in [0.05, 0.1) is 6.42 Å². The van der Waals surface area contributed by atoms with Crippen molar-refractivity contribution in [3.8, 4) is 0 Å². The summed E-state index contributed by atoms with van der Waals surface area (Å²) in [5, 5.41) is 2.12. The number of ether oxygens (including phenoxy) is 1. The molecule has 2 aromatic rings. The monoisotopic (exact) mass is 359 g/mol. The number of aryl methyl sites for hydroxylation is 2. The predicted molar refractivity (Wildman–Crippen MR) is 92.7 cm³/mol. The van der Waals surface area contributed by atoms with Crippen LogP contribution in [0, 0.1) is 11.6 Å². The van der Waals surface area contributed by atoms with Gasteiger partial charge in [0.25, 0.3) is 5.91 Å². The summed E-state index contributed by atoms with van der Waals surface area (Å²) in [7, 11) is 0. The number of esters is 1. The topological polar surface area (TPSA) is 55.4 Å². The summed E-state index contributed by atoms with van der Waals surface area (Å²) in [6.45, 7) is 1.36. The van der Waals surface area contributed by atoms with Crippen LogP contribution in [0.25, 0.3) is 0 Å². The van der Waals surface area contributed by atoms with Gasteiger partial charge in [-0.3, -0.25) is 9.59 Å². The number of carbonyl (C=O) groups excluding carboxylic acids is 2. The molecule has 6 heteroatoms. The average Bonchev–Trinajstić information content (AvgIpc) is 3.05. The lowest BCUT2D eigenvalue weighted by Gasteiger charge is -2.14. The van der Waals surface area contributed by atoms with Gasteiger partial charge in [-0.05, 0) is 55.0 Å². The van der Waals surface area contributed by atoms with E-state index >= 15 is 0 Å². The van der Waals surface area contributed by atoms with Gasteiger partial charge in [0.1, 0.15) is 17.3 Å². The second kappa shape index (κ2) is 7.64. The maximum absolute atomic E-state index is 13.6. The van der Waals surface area contributed by atoms with Gasteiger partial charge in [0.2, 0.25) is 0 Å². The molecule has 136 valence electrons. The number of hydrogen-bond donors (Lipinski definition) is 1. The highest BCUT2D eigenvalue weighted by molar-refractivity contribution is 5.95. The highest BCUT2D eigenvalue weighted by Crippen LogP contribution is 2.23. The smallest absolute Gasteiger partial charge is 0.311 e. The van der Waals surface area contributed by atoms with Crippen LogP contribution in [0.2, 0.25) is 0 Å². The van der Waals surface area contributed by atoms with Crippen LogP contribution < -0.4 is 5.32 Å². The van der Waals surface area contributed by atoms with Crippen LogP contribution in [0.5, 0.6) is 0 Å². The molecular formula is C20H19F2NO3. The Morgan fingerprint density at radius 1 is 1.12 bits per heavy atom. The number of rotatable bonds is 5. The number of anilines is 1. The lowest BCUT2D eigenvalue weighted by atomic mass is 10.0. The molecule has 0 bridgehead atoms. The van der Waals surface area contributed by atoms with Gasteiger partial charge in [-0.25, -0.2) is 8.78 Å². The number of halogens is 2. The van der Waals surface area contributed by atoms with Crippen molar-refractivity contribution in [2.24, 2.45) is 0 Å². The zero-order valence-electron chi connectivity index (χ0n) is 14.4. The summed E-state index contributed by atoms with van der Waals surface area (Å²) in [5.74, 6) is -3.15. The maximum atomic E-state index is 13.6. The van der Waals surface area contributed by atoms with E-state index in [-0.39, 0.29) is 6.42 Å². The summed E-state index contributed by atoms with van der Waals surface area (Å²) in [4.78, 5) is 24.1. The number of hydrogen-bond acceptors (Lipinski definition) is 3. The third-order valence-electron chi connectivity index (χ3n) is 4.40. The molecule has 1 aliphatic rings. The van der Waals surface area contributed by atoms with E-state index in [9.17, 15) is 18.4 Å². The van der Waals surface area contributed by atoms with Gasteiger partial charge in [-0.1, -0.05) is 24.3 Å². The number of amides is 1. The number of fused-ring (bicyclic) bond motifs is 1. The molecule has 0 unspecified atom stereocenters. The first-order valence-corrected chi connectivity index (χ1v) is 8.49. The van der Waals surface area contributed by atoms with Crippen LogP contribution in [0.1, 0.15) is 30.0 Å². The van der Waals surface area contributed by atoms with E-state index in [4.69, 9.17) is 4.74 Å². The molecule has 26 heavy (non-hydrogen) atoms. The lowest BCUT2D eigenvalue weighted by molar-refractivity contribution is -0.152. The SMILES string of the molecule is C[C@@H](OC(=O)Cc1ccc2c(c1)CCC2)C(=O)Nc1c(F)cccc1F. The normalized spacial score (nSPS) is 13.8. The molecule has 0 saturated heterocycles. The summed E-state index contributed by atoms with van der Waals surface area (Å²) in [6, 6.07) is 9.14. The zero-order chi connectivity index (χ0) is 18.7. The standard InChI is InChI=1S/C20H19F2NO3/c1-12(20(25)23-19-16(21)6-3-7-17(19)22)26-18(24)11-13-8-9-14-4-2-5-15(14)10-13/h3,6-10,12H,2,4-5,11H2,1H3,(H,23,25)/t12-/m1/s1. The number of benzene rings is 2. The van der Waals surface area contributed by atoms with Crippen LogP contribution in [-0.2, 0) is 33.6 Å². The van der Waals surface area contributed by atoms with E-state index in [1.165, 1.54) is 24.1 Å². The van der Waals surface area contributed by atoms with Crippen LogP contribution in [0.3, 0.4) is 0 Å². The Balaban J connectivity index is 1.57. The van der Waals surface area contributed by atoms with E-state index in [0.717, 1.165) is 37.0 Å². The molecule has 0 saturated carbocycles. The van der Waals surface area contributed by atoms with Gasteiger partial charge in [0.15, 0.2) is 6.10 Å². The molecule has 0 radical (unpaired) electrons. The third-order valence-corrected chi connectivity index (χ3v) is 4.40. The van der Waals surface area contributed by atoms with Crippen molar-refractivity contribution in [3.63, 3.8) is 0 Å². The van der Waals surface area contributed by atoms with Crippen LogP contribution >= 0.6 is 0 Å². The molecule has 0 aromatic heterocycles. The number of carbonyl (C=O) groups is 2. The molecular weight excluding hydrogens is 340 g/mol. The zero-order valence-corrected chi connectivity index (χ0v) is 14.4. The molecule has 4 nitrogen and oxygen atoms in total. The van der Waals surface area contributed by atoms with Gasteiger partial charge >= 0.3 is 5.97 Å². The Morgan fingerprint density at radius 3 is 2.54 bits per heavy atom. The third kappa shape index (κ3) is 4.07. The Hall–Kier alpha value is -2.76. The second-order valence-corrected chi connectivity index (χ2v) is 6.35. The summed E-state index contributed by atoms with van der Waals surface area (Å²) in [6.07, 6.45) is 2.05. The molecule has 3 rings (SSSR count). The van der Waals surface area contributed by atoms with E-state index < -0.39 is 35.3 Å². The van der Waals surface area contributed by atoms with Crippen molar-refractivity contribution >= 4 is 17.6 Å². The minimum atomic E-state index is -1.17. The quantitative estimate of drug-likeness (QED) is 0.831. The molecule has 1 amide bonds. The average molecular weight is 359 g/mol. The van der Waals surface area contributed by atoms with E-state index in [1.807, 2.05) is 18.2 Å². The molecule has 1 N–H and O–H groups in total. The van der Waals surface area contributed by atoms with Crippen molar-refractivity contribution in [2.45, 2.75) is 38.7 Å². The fourth-order valence-electron chi connectivity index (χ4n) is 3.04. The molecule has 2 aromatic carbocycles. The molecule has 0 spiro atoms. The predicted octanol–water partition coefficient (Wildman–Crippen LogP) is 3.57. The van der Waals surface area contributed by atoms with E-state index in [1.54, 1.807) is 0 Å². The fourth-order valence-corrected chi connectivity index (χ4v) is 3.04. The first-order chi connectivity index (χ1) is 12.4. The minimum Gasteiger partial charge on any atom is -0.452 e. The highest BCUT2D eigenvalue weighted by Gasteiger charge is 2.21.